The van der Waals surface area contributed by atoms with Gasteiger partial charge in [-0.2, -0.15) is 0 Å². The fourth-order valence-electron chi connectivity index (χ4n) is 1.43. The maximum atomic E-state index is 11.6. The Morgan fingerprint density at radius 3 is 2.64 bits per heavy atom. The molecule has 14 heavy (non-hydrogen) atoms. The smallest absolute Gasteiger partial charge is 0.281 e. The first-order valence-corrected chi connectivity index (χ1v) is 5.82. The summed E-state index contributed by atoms with van der Waals surface area (Å²) in [6.45, 7) is 7.10. The zero-order chi connectivity index (χ0) is 10.7. The van der Waals surface area contributed by atoms with Crippen LogP contribution in [0.25, 0.3) is 0 Å². The molecule has 0 saturated carbocycles. The summed E-state index contributed by atoms with van der Waals surface area (Å²) in [5.74, 6) is 0.555. The molecular formula is C10H17BrN2O. The van der Waals surface area contributed by atoms with E-state index in [9.17, 15) is 4.79 Å². The van der Waals surface area contributed by atoms with Crippen LogP contribution in [0.4, 0.5) is 0 Å². The van der Waals surface area contributed by atoms with E-state index in [1.807, 2.05) is 0 Å². The molecule has 0 unspecified atom stereocenters. The molecule has 1 heterocycles. The molecule has 0 bridgehead atoms. The zero-order valence-corrected chi connectivity index (χ0v) is 10.5. The molecule has 0 radical (unpaired) electrons. The van der Waals surface area contributed by atoms with Gasteiger partial charge in [0.2, 0.25) is 0 Å². The van der Waals surface area contributed by atoms with Crippen molar-refractivity contribution < 1.29 is 0 Å². The van der Waals surface area contributed by atoms with Gasteiger partial charge in [-0.15, -0.1) is 0 Å². The Hall–Kier alpha value is -0.510. The Morgan fingerprint density at radius 1 is 1.50 bits per heavy atom. The number of H-pyrrole nitrogens is 1. The van der Waals surface area contributed by atoms with Crippen LogP contribution in [0.2, 0.25) is 0 Å². The normalized spacial score (nSPS) is 11.2. The molecule has 1 aromatic heterocycles. The Bertz CT molecular complexity index is 351. The van der Waals surface area contributed by atoms with Crippen LogP contribution in [0.3, 0.4) is 0 Å². The highest BCUT2D eigenvalue weighted by Crippen LogP contribution is 2.14. The third-order valence-electron chi connectivity index (χ3n) is 2.03. The molecule has 0 atom stereocenters. The molecule has 0 saturated heterocycles. The van der Waals surface area contributed by atoms with Gasteiger partial charge in [-0.25, -0.2) is 0 Å². The maximum absolute atomic E-state index is 11.6. The summed E-state index contributed by atoms with van der Waals surface area (Å²) in [4.78, 5) is 11.6. The molecule has 1 aromatic rings. The monoisotopic (exact) mass is 260 g/mol. The van der Waals surface area contributed by atoms with Crippen molar-refractivity contribution in [1.29, 1.82) is 0 Å². The third kappa shape index (κ3) is 2.50. The Balaban J connectivity index is 2.96. The highest BCUT2D eigenvalue weighted by molar-refractivity contribution is 9.10. The SMILES string of the molecule is CCCn1[nH]c(CC(C)C)c(Br)c1=O. The van der Waals surface area contributed by atoms with Crippen LogP contribution in [-0.2, 0) is 13.0 Å². The number of nitrogens with one attached hydrogen (secondary N) is 1. The van der Waals surface area contributed by atoms with Crippen LogP contribution >= 0.6 is 15.9 Å². The van der Waals surface area contributed by atoms with Gasteiger partial charge < -0.3 is 0 Å². The molecule has 0 aliphatic heterocycles. The molecule has 0 aromatic carbocycles. The number of rotatable bonds is 4. The average Bonchev–Trinajstić information content (AvgIpc) is 2.34. The Labute approximate surface area is 92.6 Å². The van der Waals surface area contributed by atoms with Gasteiger partial charge in [0.25, 0.3) is 5.56 Å². The van der Waals surface area contributed by atoms with Crippen molar-refractivity contribution >= 4 is 15.9 Å². The van der Waals surface area contributed by atoms with E-state index in [2.05, 4.69) is 41.8 Å². The molecule has 4 heteroatoms. The van der Waals surface area contributed by atoms with E-state index in [0.717, 1.165) is 25.1 Å². The molecule has 0 aliphatic carbocycles. The van der Waals surface area contributed by atoms with Crippen molar-refractivity contribution in [2.24, 2.45) is 5.92 Å². The fourth-order valence-corrected chi connectivity index (χ4v) is 1.90. The topological polar surface area (TPSA) is 37.8 Å². The van der Waals surface area contributed by atoms with Gasteiger partial charge in [-0.05, 0) is 34.7 Å². The summed E-state index contributed by atoms with van der Waals surface area (Å²) in [5, 5.41) is 3.14. The summed E-state index contributed by atoms with van der Waals surface area (Å²) in [6, 6.07) is 0. The van der Waals surface area contributed by atoms with E-state index in [-0.39, 0.29) is 5.56 Å². The number of nitrogens with zero attached hydrogens (tertiary/aromatic N) is 1. The van der Waals surface area contributed by atoms with Crippen LogP contribution in [0, 0.1) is 5.92 Å². The van der Waals surface area contributed by atoms with E-state index in [0.29, 0.717) is 10.4 Å². The van der Waals surface area contributed by atoms with Crippen molar-refractivity contribution in [2.75, 3.05) is 0 Å². The van der Waals surface area contributed by atoms with Crippen molar-refractivity contribution in [3.8, 4) is 0 Å². The molecular weight excluding hydrogens is 244 g/mol. The molecule has 0 fully saturated rings. The van der Waals surface area contributed by atoms with Crippen LogP contribution < -0.4 is 5.56 Å². The minimum Gasteiger partial charge on any atom is -0.299 e. The number of aromatic nitrogens is 2. The van der Waals surface area contributed by atoms with Crippen LogP contribution in [0.15, 0.2) is 9.27 Å². The molecule has 80 valence electrons. The predicted octanol–water partition coefficient (Wildman–Crippen LogP) is 2.55. The van der Waals surface area contributed by atoms with Gasteiger partial charge in [0.05, 0.1) is 5.69 Å². The minimum absolute atomic E-state index is 0.0579. The third-order valence-corrected chi connectivity index (χ3v) is 2.85. The first kappa shape index (κ1) is 11.6. The molecule has 1 rings (SSSR count). The molecule has 0 aliphatic rings. The molecule has 3 nitrogen and oxygen atoms in total. The first-order chi connectivity index (χ1) is 6.56. The lowest BCUT2D eigenvalue weighted by Crippen LogP contribution is -2.16. The van der Waals surface area contributed by atoms with Crippen molar-refractivity contribution in [1.82, 2.24) is 9.78 Å². The van der Waals surface area contributed by atoms with E-state index in [4.69, 9.17) is 0 Å². The van der Waals surface area contributed by atoms with E-state index < -0.39 is 0 Å². The van der Waals surface area contributed by atoms with Gasteiger partial charge in [0, 0.05) is 6.54 Å². The van der Waals surface area contributed by atoms with E-state index in [1.54, 1.807) is 4.68 Å². The van der Waals surface area contributed by atoms with Gasteiger partial charge in [-0.3, -0.25) is 14.6 Å². The minimum atomic E-state index is 0.0579. The largest absolute Gasteiger partial charge is 0.299 e. The van der Waals surface area contributed by atoms with Crippen molar-refractivity contribution in [3.63, 3.8) is 0 Å². The second-order valence-electron chi connectivity index (χ2n) is 3.96. The lowest BCUT2D eigenvalue weighted by Gasteiger charge is -2.02. The van der Waals surface area contributed by atoms with Crippen molar-refractivity contribution in [2.45, 2.75) is 40.2 Å². The second kappa shape index (κ2) is 4.82. The highest BCUT2D eigenvalue weighted by atomic mass is 79.9. The highest BCUT2D eigenvalue weighted by Gasteiger charge is 2.11. The number of aromatic amines is 1. The van der Waals surface area contributed by atoms with Gasteiger partial charge in [0.15, 0.2) is 0 Å². The second-order valence-corrected chi connectivity index (χ2v) is 4.75. The van der Waals surface area contributed by atoms with Gasteiger partial charge >= 0.3 is 0 Å². The Morgan fingerprint density at radius 2 is 2.14 bits per heavy atom. The van der Waals surface area contributed by atoms with Crippen molar-refractivity contribution in [3.05, 3.63) is 20.5 Å². The number of hydrogen-bond donors (Lipinski definition) is 1. The quantitative estimate of drug-likeness (QED) is 0.888. The van der Waals surface area contributed by atoms with E-state index in [1.165, 1.54) is 0 Å². The molecule has 1 N–H and O–H groups in total. The van der Waals surface area contributed by atoms with Gasteiger partial charge in [-0.1, -0.05) is 20.8 Å². The summed E-state index contributed by atoms with van der Waals surface area (Å²) in [7, 11) is 0. The van der Waals surface area contributed by atoms with Crippen LogP contribution in [0.5, 0.6) is 0 Å². The molecule has 0 spiro atoms. The number of halogens is 1. The van der Waals surface area contributed by atoms with Crippen LogP contribution in [-0.4, -0.2) is 9.78 Å². The lowest BCUT2D eigenvalue weighted by atomic mass is 10.1. The van der Waals surface area contributed by atoms with Gasteiger partial charge in [0.1, 0.15) is 4.47 Å². The maximum Gasteiger partial charge on any atom is 0.281 e. The standard InChI is InChI=1S/C10H17BrN2O/c1-4-5-13-10(14)9(11)8(12-13)6-7(2)3/h7,12H,4-6H2,1-3H3. The lowest BCUT2D eigenvalue weighted by molar-refractivity contribution is 0.562. The number of aryl methyl sites for hydroxylation is 1. The fraction of sp³-hybridized carbons (Fsp3) is 0.700. The summed E-state index contributed by atoms with van der Waals surface area (Å²) in [5.41, 5.74) is 1.07. The first-order valence-electron chi connectivity index (χ1n) is 5.03. The number of hydrogen-bond acceptors (Lipinski definition) is 1. The predicted molar refractivity (Wildman–Crippen MR) is 61.6 cm³/mol. The zero-order valence-electron chi connectivity index (χ0n) is 8.93. The van der Waals surface area contributed by atoms with Crippen LogP contribution in [0.1, 0.15) is 32.9 Å². The summed E-state index contributed by atoms with van der Waals surface area (Å²) >= 11 is 3.33. The Kier molecular flexibility index (Phi) is 3.98. The molecule has 0 amide bonds. The average molecular weight is 261 g/mol. The van der Waals surface area contributed by atoms with E-state index >= 15 is 0 Å². The summed E-state index contributed by atoms with van der Waals surface area (Å²) in [6.07, 6.45) is 1.88. The summed E-state index contributed by atoms with van der Waals surface area (Å²) < 4.78 is 2.36.